The van der Waals surface area contributed by atoms with E-state index < -0.39 is 0 Å². The van der Waals surface area contributed by atoms with Gasteiger partial charge in [0.05, 0.1) is 19.6 Å². The molecule has 1 atom stereocenters. The molecule has 2 heterocycles. The van der Waals surface area contributed by atoms with Crippen molar-refractivity contribution in [2.75, 3.05) is 31.6 Å². The number of amides is 2. The lowest BCUT2D eigenvalue weighted by molar-refractivity contribution is -0.115. The zero-order valence-electron chi connectivity index (χ0n) is 11.1. The zero-order chi connectivity index (χ0) is 13.9. The van der Waals surface area contributed by atoms with Crippen LogP contribution in [0.1, 0.15) is 15.9 Å². The molecule has 2 aliphatic rings. The van der Waals surface area contributed by atoms with Gasteiger partial charge in [0.25, 0.3) is 5.91 Å². The monoisotopic (exact) mass is 275 g/mol. The summed E-state index contributed by atoms with van der Waals surface area (Å²) in [6.07, 6.45) is 0.342. The van der Waals surface area contributed by atoms with Crippen LogP contribution in [-0.2, 0) is 16.0 Å². The van der Waals surface area contributed by atoms with Gasteiger partial charge in [0, 0.05) is 30.4 Å². The standard InChI is InChI=1S/C14H17N3O3/c18-13-6-10-5-9(1-2-12(10)17-13)14(19)16-7-11-8-20-4-3-15-11/h1-2,5,11,15H,3-4,6-8H2,(H,16,19)(H,17,18). The van der Waals surface area contributed by atoms with E-state index in [0.29, 0.717) is 25.1 Å². The Balaban J connectivity index is 1.60. The second kappa shape index (κ2) is 5.60. The molecule has 106 valence electrons. The van der Waals surface area contributed by atoms with Crippen molar-refractivity contribution < 1.29 is 14.3 Å². The van der Waals surface area contributed by atoms with Gasteiger partial charge >= 0.3 is 0 Å². The molecule has 1 saturated heterocycles. The Morgan fingerprint density at radius 1 is 1.45 bits per heavy atom. The van der Waals surface area contributed by atoms with Gasteiger partial charge in [-0.25, -0.2) is 0 Å². The van der Waals surface area contributed by atoms with Gasteiger partial charge in [-0.2, -0.15) is 0 Å². The van der Waals surface area contributed by atoms with E-state index in [-0.39, 0.29) is 17.9 Å². The lowest BCUT2D eigenvalue weighted by Gasteiger charge is -2.23. The van der Waals surface area contributed by atoms with E-state index in [0.717, 1.165) is 24.4 Å². The molecule has 6 heteroatoms. The highest BCUT2D eigenvalue weighted by Crippen LogP contribution is 2.23. The number of anilines is 1. The minimum absolute atomic E-state index is 0.0267. The number of ether oxygens (including phenoxy) is 1. The average Bonchev–Trinajstić information content (AvgIpc) is 2.85. The minimum atomic E-state index is -0.125. The predicted molar refractivity (Wildman–Crippen MR) is 73.7 cm³/mol. The maximum atomic E-state index is 12.1. The molecule has 0 spiro atoms. The molecule has 20 heavy (non-hydrogen) atoms. The Labute approximate surface area is 116 Å². The number of benzene rings is 1. The van der Waals surface area contributed by atoms with Crippen molar-refractivity contribution in [3.05, 3.63) is 29.3 Å². The van der Waals surface area contributed by atoms with Crippen LogP contribution in [0.15, 0.2) is 18.2 Å². The molecule has 1 unspecified atom stereocenters. The fourth-order valence-electron chi connectivity index (χ4n) is 2.44. The first-order chi connectivity index (χ1) is 9.72. The summed E-state index contributed by atoms with van der Waals surface area (Å²) in [4.78, 5) is 23.4. The van der Waals surface area contributed by atoms with Crippen LogP contribution in [0.5, 0.6) is 0 Å². The van der Waals surface area contributed by atoms with Gasteiger partial charge in [-0.15, -0.1) is 0 Å². The van der Waals surface area contributed by atoms with Crippen LogP contribution in [-0.4, -0.2) is 44.2 Å². The molecular formula is C14H17N3O3. The molecule has 0 saturated carbocycles. The molecule has 0 bridgehead atoms. The summed E-state index contributed by atoms with van der Waals surface area (Å²) in [5, 5.41) is 8.91. The van der Waals surface area contributed by atoms with Crippen LogP contribution in [0.2, 0.25) is 0 Å². The summed E-state index contributed by atoms with van der Waals surface area (Å²) in [7, 11) is 0. The quantitative estimate of drug-likeness (QED) is 0.719. The largest absolute Gasteiger partial charge is 0.378 e. The third-order valence-electron chi connectivity index (χ3n) is 3.50. The highest BCUT2D eigenvalue weighted by Gasteiger charge is 2.20. The van der Waals surface area contributed by atoms with E-state index >= 15 is 0 Å². The molecule has 2 aliphatic heterocycles. The van der Waals surface area contributed by atoms with Gasteiger partial charge in [0.1, 0.15) is 0 Å². The number of rotatable bonds is 3. The van der Waals surface area contributed by atoms with Gasteiger partial charge in [0.2, 0.25) is 5.91 Å². The Morgan fingerprint density at radius 2 is 2.35 bits per heavy atom. The fourth-order valence-corrected chi connectivity index (χ4v) is 2.44. The van der Waals surface area contributed by atoms with Gasteiger partial charge < -0.3 is 20.7 Å². The third-order valence-corrected chi connectivity index (χ3v) is 3.50. The van der Waals surface area contributed by atoms with Crippen molar-refractivity contribution in [2.24, 2.45) is 0 Å². The molecule has 2 amide bonds. The van der Waals surface area contributed by atoms with E-state index in [9.17, 15) is 9.59 Å². The molecular weight excluding hydrogens is 258 g/mol. The molecule has 6 nitrogen and oxygen atoms in total. The fraction of sp³-hybridized carbons (Fsp3) is 0.429. The van der Waals surface area contributed by atoms with Crippen molar-refractivity contribution in [1.82, 2.24) is 10.6 Å². The highest BCUT2D eigenvalue weighted by molar-refractivity contribution is 6.01. The van der Waals surface area contributed by atoms with Crippen molar-refractivity contribution in [3.63, 3.8) is 0 Å². The Bertz CT molecular complexity index is 538. The number of carbonyl (C=O) groups is 2. The SMILES string of the molecule is O=C1Cc2cc(C(=O)NCC3COCCN3)ccc2N1. The smallest absolute Gasteiger partial charge is 0.251 e. The number of hydrogen-bond acceptors (Lipinski definition) is 4. The van der Waals surface area contributed by atoms with Crippen LogP contribution in [0.25, 0.3) is 0 Å². The number of morpholine rings is 1. The normalized spacial score (nSPS) is 21.2. The highest BCUT2D eigenvalue weighted by atomic mass is 16.5. The van der Waals surface area contributed by atoms with Crippen LogP contribution in [0.4, 0.5) is 5.69 Å². The maximum Gasteiger partial charge on any atom is 0.251 e. The molecule has 3 rings (SSSR count). The van der Waals surface area contributed by atoms with Crippen molar-refractivity contribution >= 4 is 17.5 Å². The van der Waals surface area contributed by atoms with Crippen molar-refractivity contribution in [2.45, 2.75) is 12.5 Å². The van der Waals surface area contributed by atoms with Crippen LogP contribution in [0.3, 0.4) is 0 Å². The summed E-state index contributed by atoms with van der Waals surface area (Å²) in [5.74, 6) is -0.152. The molecule has 0 radical (unpaired) electrons. The second-order valence-electron chi connectivity index (χ2n) is 5.03. The summed E-state index contributed by atoms with van der Waals surface area (Å²) >= 11 is 0. The molecule has 1 aromatic carbocycles. The maximum absolute atomic E-state index is 12.1. The lowest BCUT2D eigenvalue weighted by Crippen LogP contribution is -2.48. The van der Waals surface area contributed by atoms with E-state index in [1.165, 1.54) is 0 Å². The first kappa shape index (κ1) is 13.1. The van der Waals surface area contributed by atoms with Gasteiger partial charge in [0.15, 0.2) is 0 Å². The van der Waals surface area contributed by atoms with Crippen LogP contribution in [0, 0.1) is 0 Å². The predicted octanol–water partition coefficient (Wildman–Crippen LogP) is -0.101. The van der Waals surface area contributed by atoms with Crippen molar-refractivity contribution in [3.8, 4) is 0 Å². The molecule has 3 N–H and O–H groups in total. The van der Waals surface area contributed by atoms with E-state index in [4.69, 9.17) is 4.74 Å². The summed E-state index contributed by atoms with van der Waals surface area (Å²) in [5.41, 5.74) is 2.26. The zero-order valence-corrected chi connectivity index (χ0v) is 11.1. The third kappa shape index (κ3) is 2.81. The summed E-state index contributed by atoms with van der Waals surface area (Å²) < 4.78 is 5.33. The molecule has 0 aromatic heterocycles. The summed E-state index contributed by atoms with van der Waals surface area (Å²) in [6.45, 7) is 2.68. The van der Waals surface area contributed by atoms with E-state index in [2.05, 4.69) is 16.0 Å². The van der Waals surface area contributed by atoms with Crippen LogP contribution < -0.4 is 16.0 Å². The molecule has 1 aromatic rings. The van der Waals surface area contributed by atoms with E-state index in [1.54, 1.807) is 18.2 Å². The second-order valence-corrected chi connectivity index (χ2v) is 5.03. The molecule has 0 aliphatic carbocycles. The van der Waals surface area contributed by atoms with E-state index in [1.807, 2.05) is 0 Å². The number of fused-ring (bicyclic) bond motifs is 1. The summed E-state index contributed by atoms with van der Waals surface area (Å²) in [6, 6.07) is 5.43. The first-order valence-electron chi connectivity index (χ1n) is 6.74. The minimum Gasteiger partial charge on any atom is -0.378 e. The number of carbonyl (C=O) groups excluding carboxylic acids is 2. The Hall–Kier alpha value is -1.92. The number of nitrogens with one attached hydrogen (secondary N) is 3. The Morgan fingerprint density at radius 3 is 3.15 bits per heavy atom. The Kier molecular flexibility index (Phi) is 3.66. The average molecular weight is 275 g/mol. The van der Waals surface area contributed by atoms with Gasteiger partial charge in [-0.3, -0.25) is 9.59 Å². The molecule has 1 fully saturated rings. The van der Waals surface area contributed by atoms with Gasteiger partial charge in [-0.05, 0) is 23.8 Å². The topological polar surface area (TPSA) is 79.5 Å². The first-order valence-corrected chi connectivity index (χ1v) is 6.74. The van der Waals surface area contributed by atoms with Gasteiger partial charge in [-0.1, -0.05) is 0 Å². The van der Waals surface area contributed by atoms with Crippen molar-refractivity contribution in [1.29, 1.82) is 0 Å². The number of hydrogen-bond donors (Lipinski definition) is 3. The lowest BCUT2D eigenvalue weighted by atomic mass is 10.1. The van der Waals surface area contributed by atoms with Crippen LogP contribution >= 0.6 is 0 Å².